The van der Waals surface area contributed by atoms with Crippen molar-refractivity contribution in [3.63, 3.8) is 0 Å². The molecule has 40 heavy (non-hydrogen) atoms. The van der Waals surface area contributed by atoms with Crippen molar-refractivity contribution < 1.29 is 9.13 Å². The monoisotopic (exact) mass is 553 g/mol. The minimum Gasteiger partial charge on any atom is -0.384 e. The molecule has 1 aromatic heterocycles. The van der Waals surface area contributed by atoms with E-state index in [1.165, 1.54) is 57.4 Å². The molecule has 1 heterocycles. The molecule has 2 nitrogen and oxygen atoms in total. The highest BCUT2D eigenvalue weighted by atomic mass is 19.1. The fourth-order valence-electron chi connectivity index (χ4n) is 6.76. The van der Waals surface area contributed by atoms with Gasteiger partial charge in [-0.25, -0.2) is 4.39 Å². The van der Waals surface area contributed by atoms with E-state index in [1.54, 1.807) is 6.08 Å². The van der Waals surface area contributed by atoms with Crippen molar-refractivity contribution in [3.8, 4) is 0 Å². The summed E-state index contributed by atoms with van der Waals surface area (Å²) in [6.45, 7) is 18.0. The predicted octanol–water partition coefficient (Wildman–Crippen LogP) is 11.7. The molecule has 1 aromatic rings. The second-order valence-corrected chi connectivity index (χ2v) is 11.2. The molecule has 2 saturated carbocycles. The molecule has 0 bridgehead atoms. The Morgan fingerprint density at radius 1 is 1.05 bits per heavy atom. The van der Waals surface area contributed by atoms with Crippen LogP contribution in [0.25, 0.3) is 11.6 Å². The first-order chi connectivity index (χ1) is 19.5. The highest BCUT2D eigenvalue weighted by Crippen LogP contribution is 2.55. The van der Waals surface area contributed by atoms with Crippen molar-refractivity contribution in [2.45, 2.75) is 113 Å². The molecule has 0 aliphatic heterocycles. The molecule has 3 heteroatoms. The number of ether oxygens (including phenoxy) is 1. The van der Waals surface area contributed by atoms with Crippen LogP contribution in [-0.2, 0) is 4.74 Å². The Balaban J connectivity index is 0.000000902. The number of rotatable bonds is 7. The van der Waals surface area contributed by atoms with Crippen LogP contribution in [0.15, 0.2) is 54.5 Å². The van der Waals surface area contributed by atoms with Gasteiger partial charge in [0.15, 0.2) is 0 Å². The first kappa shape index (κ1) is 36.0. The fraction of sp³-hybridized carbons (Fsp3) is 0.649. The molecular weight excluding hydrogens is 493 g/mol. The van der Waals surface area contributed by atoms with Gasteiger partial charge in [0, 0.05) is 13.3 Å². The highest BCUT2D eigenvalue weighted by Gasteiger charge is 2.49. The summed E-state index contributed by atoms with van der Waals surface area (Å²) < 4.78 is 19.5. The lowest BCUT2D eigenvalue weighted by molar-refractivity contribution is -0.0660. The largest absolute Gasteiger partial charge is 0.384 e. The Morgan fingerprint density at radius 2 is 1.75 bits per heavy atom. The van der Waals surface area contributed by atoms with Gasteiger partial charge in [-0.2, -0.15) is 0 Å². The zero-order chi connectivity index (χ0) is 30.0. The molecule has 0 radical (unpaired) electrons. The molecule has 0 aromatic carbocycles. The molecule has 5 unspecified atom stereocenters. The molecular formula is C37H60FNO. The fourth-order valence-corrected chi connectivity index (χ4v) is 6.76. The number of methoxy groups -OCH3 is 1. The third-order valence-electron chi connectivity index (χ3n) is 8.62. The molecule has 5 atom stereocenters. The molecule has 226 valence electrons. The average molecular weight is 554 g/mol. The number of hydrogen-bond donors (Lipinski definition) is 0. The third-order valence-corrected chi connectivity index (χ3v) is 8.62. The minimum atomic E-state index is -0.207. The smallest absolute Gasteiger partial charge is 0.123 e. The summed E-state index contributed by atoms with van der Waals surface area (Å²) in [5, 5.41) is 0. The Kier molecular flexibility index (Phi) is 18.0. The number of allylic oxidation sites excluding steroid dienone is 7. The molecule has 0 amide bonds. The van der Waals surface area contributed by atoms with Crippen LogP contribution >= 0.6 is 0 Å². The van der Waals surface area contributed by atoms with Crippen LogP contribution in [0.3, 0.4) is 0 Å². The number of unbranched alkanes of at least 4 members (excludes halogenated alkanes) is 1. The molecule has 2 fully saturated rings. The molecule has 4 rings (SSSR count). The topological polar surface area (TPSA) is 22.1 Å². The summed E-state index contributed by atoms with van der Waals surface area (Å²) in [6.07, 6.45) is 24.9. The summed E-state index contributed by atoms with van der Waals surface area (Å²) in [7, 11) is 1.85. The Labute approximate surface area is 247 Å². The van der Waals surface area contributed by atoms with Gasteiger partial charge in [-0.1, -0.05) is 118 Å². The van der Waals surface area contributed by atoms with Gasteiger partial charge in [-0.3, -0.25) is 4.98 Å². The van der Waals surface area contributed by atoms with Gasteiger partial charge in [0.2, 0.25) is 0 Å². The molecule has 3 aliphatic rings. The van der Waals surface area contributed by atoms with Crippen molar-refractivity contribution in [3.05, 3.63) is 65.8 Å². The van der Waals surface area contributed by atoms with Crippen LogP contribution in [0.5, 0.6) is 0 Å². The number of halogens is 1. The Morgan fingerprint density at radius 3 is 2.35 bits per heavy atom. The number of nitrogens with zero attached hydrogens (tertiary/aromatic N) is 1. The maximum Gasteiger partial charge on any atom is 0.123 e. The summed E-state index contributed by atoms with van der Waals surface area (Å²) in [4.78, 5) is 4.70. The maximum atomic E-state index is 13.8. The van der Waals surface area contributed by atoms with Crippen LogP contribution in [0.1, 0.15) is 124 Å². The van der Waals surface area contributed by atoms with E-state index in [2.05, 4.69) is 52.0 Å². The van der Waals surface area contributed by atoms with Gasteiger partial charge in [0.1, 0.15) is 5.83 Å². The van der Waals surface area contributed by atoms with Gasteiger partial charge in [0.25, 0.3) is 0 Å². The zero-order valence-corrected chi connectivity index (χ0v) is 27.3. The summed E-state index contributed by atoms with van der Waals surface area (Å²) in [5.41, 5.74) is 3.08. The lowest BCUT2D eigenvalue weighted by Crippen LogP contribution is -2.48. The lowest BCUT2D eigenvalue weighted by Gasteiger charge is -2.54. The first-order valence-corrected chi connectivity index (χ1v) is 16.3. The van der Waals surface area contributed by atoms with Gasteiger partial charge in [0.05, 0.1) is 12.3 Å². The summed E-state index contributed by atoms with van der Waals surface area (Å²) in [6, 6.07) is 4.12. The van der Waals surface area contributed by atoms with Crippen molar-refractivity contribution >= 4 is 11.6 Å². The number of fused-ring (bicyclic) bond motifs is 1. The first-order valence-electron chi connectivity index (χ1n) is 16.3. The SMILES string of the molecule is CC.CC.CCC1C(/C=C/c2ccc(C3=CCC=CC(F)=C3)cn2)C2CCCCC2CC1(C)COC.CCCC. The molecule has 0 N–H and O–H groups in total. The Hall–Kier alpha value is -2.00. The number of hydrogen-bond acceptors (Lipinski definition) is 2. The third kappa shape index (κ3) is 10.4. The van der Waals surface area contributed by atoms with Gasteiger partial charge >= 0.3 is 0 Å². The van der Waals surface area contributed by atoms with Crippen molar-refractivity contribution in [2.75, 3.05) is 13.7 Å². The van der Waals surface area contributed by atoms with E-state index in [-0.39, 0.29) is 11.2 Å². The zero-order valence-electron chi connectivity index (χ0n) is 27.3. The molecule has 3 aliphatic carbocycles. The summed E-state index contributed by atoms with van der Waals surface area (Å²) >= 11 is 0. The van der Waals surface area contributed by atoms with E-state index >= 15 is 0 Å². The second kappa shape index (κ2) is 20.0. The van der Waals surface area contributed by atoms with Crippen LogP contribution in [0.2, 0.25) is 0 Å². The lowest BCUT2D eigenvalue weighted by atomic mass is 9.52. The van der Waals surface area contributed by atoms with Crippen LogP contribution < -0.4 is 0 Å². The van der Waals surface area contributed by atoms with E-state index in [0.717, 1.165) is 41.7 Å². The highest BCUT2D eigenvalue weighted by molar-refractivity contribution is 5.75. The van der Waals surface area contributed by atoms with E-state index in [0.29, 0.717) is 11.8 Å². The molecule has 0 saturated heterocycles. The minimum absolute atomic E-state index is 0.207. The van der Waals surface area contributed by atoms with E-state index < -0.39 is 0 Å². The van der Waals surface area contributed by atoms with Crippen LogP contribution in [0, 0.1) is 29.1 Å². The number of aromatic nitrogens is 1. The quantitative estimate of drug-likeness (QED) is 0.335. The van der Waals surface area contributed by atoms with E-state index in [4.69, 9.17) is 9.72 Å². The second-order valence-electron chi connectivity index (χ2n) is 11.2. The summed E-state index contributed by atoms with van der Waals surface area (Å²) in [5.74, 6) is 2.60. The van der Waals surface area contributed by atoms with Gasteiger partial charge < -0.3 is 4.74 Å². The van der Waals surface area contributed by atoms with E-state index in [9.17, 15) is 4.39 Å². The predicted molar refractivity (Wildman–Crippen MR) is 175 cm³/mol. The Bertz CT molecular complexity index is 926. The van der Waals surface area contributed by atoms with Gasteiger partial charge in [-0.15, -0.1) is 0 Å². The van der Waals surface area contributed by atoms with Crippen LogP contribution in [0.4, 0.5) is 4.39 Å². The number of pyridine rings is 1. The standard InChI is InChI=1S/C29H38FNO.C4H10.2C2H6/c1-4-28-27(26-12-8-6-10-22(26)18-29(28,2)20-32-3)16-15-25-14-13-23(19-31-25)21-9-5-7-11-24(30)17-21;1-3-4-2;2*1-2/h7,9,11,13-17,19,22,26-28H,4-6,8,10,12,18,20H2,1-3H3;3-4H2,1-2H3;2*1-2H3/b16-15+;;;. The normalized spacial score (nSPS) is 27.4. The van der Waals surface area contributed by atoms with Crippen LogP contribution in [-0.4, -0.2) is 18.7 Å². The molecule has 0 spiro atoms. The average Bonchev–Trinajstić information content (AvgIpc) is 3.22. The van der Waals surface area contributed by atoms with E-state index in [1.807, 2.05) is 53.2 Å². The van der Waals surface area contributed by atoms with Crippen molar-refractivity contribution in [2.24, 2.45) is 29.1 Å². The maximum absolute atomic E-state index is 13.8. The van der Waals surface area contributed by atoms with Crippen molar-refractivity contribution in [1.82, 2.24) is 4.98 Å². The van der Waals surface area contributed by atoms with Gasteiger partial charge in [-0.05, 0) is 83.8 Å². The van der Waals surface area contributed by atoms with Crippen molar-refractivity contribution in [1.29, 1.82) is 0 Å².